The van der Waals surface area contributed by atoms with Crippen LogP contribution in [-0.4, -0.2) is 115 Å². The molecule has 0 aliphatic carbocycles. The van der Waals surface area contributed by atoms with E-state index in [1.807, 2.05) is 26.8 Å². The lowest BCUT2D eigenvalue weighted by Gasteiger charge is -2.53. The van der Waals surface area contributed by atoms with Gasteiger partial charge in [-0.3, -0.25) is 14.4 Å². The van der Waals surface area contributed by atoms with E-state index in [2.05, 4.69) is 5.32 Å². The molecule has 3 rings (SSSR count). The van der Waals surface area contributed by atoms with Gasteiger partial charge in [0.1, 0.15) is 35.7 Å². The van der Waals surface area contributed by atoms with Crippen LogP contribution in [0.1, 0.15) is 65.2 Å². The van der Waals surface area contributed by atoms with Gasteiger partial charge < -0.3 is 54.7 Å². The topological polar surface area (TPSA) is 217 Å². The number of hydrogen-bond acceptors (Lipinski definition) is 12. The molecule has 58 heavy (non-hydrogen) atoms. The molecule has 2 saturated heterocycles. The third-order valence-corrected chi connectivity index (χ3v) is 11.0. The predicted molar refractivity (Wildman–Crippen MR) is 220 cm³/mol. The first kappa shape index (κ1) is 48.1. The first-order valence-electron chi connectivity index (χ1n) is 19.5. The number of pyridine rings is 1. The van der Waals surface area contributed by atoms with Crippen LogP contribution in [0.5, 0.6) is 5.75 Å². The van der Waals surface area contributed by atoms with Gasteiger partial charge in [-0.2, -0.15) is 0 Å². The van der Waals surface area contributed by atoms with Crippen LogP contribution in [0.4, 0.5) is 0 Å². The van der Waals surface area contributed by atoms with Crippen LogP contribution in [0.2, 0.25) is 0 Å². The fourth-order valence-electron chi connectivity index (χ4n) is 7.27. The van der Waals surface area contributed by atoms with Crippen LogP contribution in [-0.2, 0) is 26.1 Å². The Hall–Kier alpha value is -4.25. The van der Waals surface area contributed by atoms with Crippen molar-refractivity contribution in [1.29, 1.82) is 0 Å². The highest BCUT2D eigenvalue weighted by Gasteiger charge is 2.60. The Bertz CT molecular complexity index is 1860. The zero-order chi connectivity index (χ0) is 43.5. The molecule has 1 aromatic heterocycles. The molecule has 0 radical (unpaired) electrons. The molecule has 3 heterocycles. The Morgan fingerprint density at radius 1 is 1.00 bits per heavy atom. The largest absolute Gasteiger partial charge is 0.507 e. The van der Waals surface area contributed by atoms with E-state index in [-0.39, 0.29) is 24.1 Å². The quantitative estimate of drug-likeness (QED) is 0.0687. The normalized spacial score (nSPS) is 29.9. The van der Waals surface area contributed by atoms with Crippen LogP contribution in [0.15, 0.2) is 101 Å². The second-order valence-corrected chi connectivity index (χ2v) is 15.5. The molecule has 1 aromatic rings. The fraction of sp³-hybridized carbons (Fsp3) is 0.523. The Kier molecular flexibility index (Phi) is 17.5. The van der Waals surface area contributed by atoms with Gasteiger partial charge in [0, 0.05) is 38.2 Å². The Morgan fingerprint density at radius 3 is 2.31 bits per heavy atom. The van der Waals surface area contributed by atoms with Gasteiger partial charge in [-0.1, -0.05) is 101 Å². The van der Waals surface area contributed by atoms with Crippen molar-refractivity contribution >= 4 is 11.7 Å². The molecular weight excluding hydrogens is 748 g/mol. The molecular formula is C44H62N2O12. The second kappa shape index (κ2) is 21.1. The van der Waals surface area contributed by atoms with E-state index in [0.717, 1.165) is 5.57 Å². The van der Waals surface area contributed by atoms with E-state index < -0.39 is 94.9 Å². The van der Waals surface area contributed by atoms with Crippen molar-refractivity contribution in [2.24, 2.45) is 24.3 Å². The average Bonchev–Trinajstić information content (AvgIpc) is 3.46. The lowest BCUT2D eigenvalue weighted by Crippen LogP contribution is -2.69. The minimum atomic E-state index is -2.34. The Balaban J connectivity index is 1.61. The number of amides is 1. The van der Waals surface area contributed by atoms with Gasteiger partial charge in [-0.05, 0) is 44.4 Å². The third kappa shape index (κ3) is 10.9. The molecule has 11 atom stereocenters. The SMILES string of the molecule is CC=CC=C[C@@H]1O[C@@](O)([C@H](CC)C(=O)NCC=CC=C(C)[C@@H](OC)[C@@H](C)[C@@H]2O[C@H](C=CC=CC=C(C)C(=O)c3c(O)ccn(C)c3=O)[C@@H](O)[C@H]2O)[C@@H](O)[C@H](O)C1(C)C. The van der Waals surface area contributed by atoms with Crippen molar-refractivity contribution in [3.63, 3.8) is 0 Å². The second-order valence-electron chi connectivity index (χ2n) is 15.5. The van der Waals surface area contributed by atoms with Crippen molar-refractivity contribution in [3.05, 3.63) is 112 Å². The van der Waals surface area contributed by atoms with Crippen LogP contribution in [0, 0.1) is 17.3 Å². The number of carbonyl (C=O) groups excluding carboxylic acids is 2. The summed E-state index contributed by atoms with van der Waals surface area (Å²) < 4.78 is 19.0. The first-order valence-corrected chi connectivity index (χ1v) is 19.5. The summed E-state index contributed by atoms with van der Waals surface area (Å²) in [5.41, 5.74) is -0.881. The number of Topliss-reactive ketones (excluding diaryl/α,β-unsaturated/α-hetero) is 1. The summed E-state index contributed by atoms with van der Waals surface area (Å²) in [6, 6.07) is 1.27. The number of aromatic nitrogens is 1. The number of aliphatic hydroxyl groups is 5. The Labute approximate surface area is 340 Å². The lowest BCUT2D eigenvalue weighted by molar-refractivity contribution is -0.359. The molecule has 14 nitrogen and oxygen atoms in total. The van der Waals surface area contributed by atoms with Crippen LogP contribution >= 0.6 is 0 Å². The maximum Gasteiger partial charge on any atom is 0.265 e. The summed E-state index contributed by atoms with van der Waals surface area (Å²) in [4.78, 5) is 38.4. The van der Waals surface area contributed by atoms with Crippen molar-refractivity contribution in [1.82, 2.24) is 9.88 Å². The molecule has 0 unspecified atom stereocenters. The number of nitrogens with one attached hydrogen (secondary N) is 1. The van der Waals surface area contributed by atoms with Gasteiger partial charge in [0.2, 0.25) is 11.7 Å². The molecule has 2 aliphatic heterocycles. The van der Waals surface area contributed by atoms with E-state index >= 15 is 0 Å². The number of ether oxygens (including phenoxy) is 3. The third-order valence-electron chi connectivity index (χ3n) is 11.0. The number of rotatable bonds is 17. The van der Waals surface area contributed by atoms with Gasteiger partial charge in [0.15, 0.2) is 5.78 Å². The fourth-order valence-corrected chi connectivity index (χ4v) is 7.27. The van der Waals surface area contributed by atoms with Crippen LogP contribution in [0.25, 0.3) is 0 Å². The van der Waals surface area contributed by atoms with E-state index in [1.165, 1.54) is 44.0 Å². The van der Waals surface area contributed by atoms with Crippen molar-refractivity contribution in [3.8, 4) is 5.75 Å². The van der Waals surface area contributed by atoms with Gasteiger partial charge >= 0.3 is 0 Å². The monoisotopic (exact) mass is 810 g/mol. The molecule has 0 spiro atoms. The molecule has 320 valence electrons. The number of aromatic hydroxyl groups is 1. The number of aliphatic hydroxyl groups excluding tert-OH is 4. The standard InChI is InChI=1S/C44H62N2O12/c1-10-12-14-22-32-43(6,7)39(51)40(52)44(55,58-32)29(11-2)41(53)45-24-18-17-20-27(4)37(56-9)28(5)38-36(50)35(49)31(57-38)21-16-13-15-19-26(3)34(48)33-30(47)23-25-46(8)42(33)54/h10,12-23,25,28-29,31-32,35-40,47,49-52,55H,11,24H2,1-9H3,(H,45,53)/t28-,29-,31-,32+,35-,36-,37-,38+,39+,40+,44+/m1/s1. The lowest BCUT2D eigenvalue weighted by atomic mass is 9.71. The Morgan fingerprint density at radius 2 is 1.67 bits per heavy atom. The molecule has 14 heteroatoms. The summed E-state index contributed by atoms with van der Waals surface area (Å²) in [5.74, 6) is -5.51. The van der Waals surface area contributed by atoms with Gasteiger partial charge in [-0.15, -0.1) is 0 Å². The van der Waals surface area contributed by atoms with Crippen LogP contribution in [0.3, 0.4) is 0 Å². The minimum absolute atomic E-state index is 0.0818. The zero-order valence-electron chi connectivity index (χ0n) is 34.9. The molecule has 0 bridgehead atoms. The first-order chi connectivity index (χ1) is 27.3. The summed E-state index contributed by atoms with van der Waals surface area (Å²) in [6.07, 6.45) is 13.0. The minimum Gasteiger partial charge on any atom is -0.507 e. The zero-order valence-corrected chi connectivity index (χ0v) is 34.9. The highest BCUT2D eigenvalue weighted by molar-refractivity contribution is 6.09. The molecule has 7 N–H and O–H groups in total. The number of ketones is 1. The number of hydrogen-bond donors (Lipinski definition) is 7. The summed E-state index contributed by atoms with van der Waals surface area (Å²) in [7, 11) is 3.01. The number of methoxy groups -OCH3 is 1. The summed E-state index contributed by atoms with van der Waals surface area (Å²) in [5, 5.41) is 68.0. The number of carbonyl (C=O) groups is 2. The molecule has 0 aromatic carbocycles. The van der Waals surface area contributed by atoms with Crippen molar-refractivity contribution < 1.29 is 54.4 Å². The molecule has 2 aliphatic rings. The van der Waals surface area contributed by atoms with Gasteiger partial charge in [0.25, 0.3) is 5.56 Å². The van der Waals surface area contributed by atoms with Gasteiger partial charge in [0.05, 0.1) is 30.3 Å². The predicted octanol–water partition coefficient (Wildman–Crippen LogP) is 3.09. The van der Waals surface area contributed by atoms with Crippen LogP contribution < -0.4 is 10.9 Å². The van der Waals surface area contributed by atoms with Crippen molar-refractivity contribution in [2.45, 2.75) is 110 Å². The molecule has 2 fully saturated rings. The number of allylic oxidation sites excluding steroid dienone is 10. The van der Waals surface area contributed by atoms with E-state index in [0.29, 0.717) is 0 Å². The highest BCUT2D eigenvalue weighted by atomic mass is 16.7. The van der Waals surface area contributed by atoms with E-state index in [1.54, 1.807) is 81.5 Å². The van der Waals surface area contributed by atoms with E-state index in [4.69, 9.17) is 14.2 Å². The number of aryl methyl sites for hydroxylation is 1. The smallest absolute Gasteiger partial charge is 0.265 e. The molecule has 1 amide bonds. The van der Waals surface area contributed by atoms with Crippen molar-refractivity contribution in [2.75, 3.05) is 13.7 Å². The number of nitrogens with zero attached hydrogens (tertiary/aromatic N) is 1. The van der Waals surface area contributed by atoms with Gasteiger partial charge in [-0.25, -0.2) is 0 Å². The van der Waals surface area contributed by atoms with E-state index in [9.17, 15) is 45.0 Å². The maximum atomic E-state index is 13.3. The summed E-state index contributed by atoms with van der Waals surface area (Å²) >= 11 is 0. The molecule has 0 saturated carbocycles. The average molecular weight is 811 g/mol. The summed E-state index contributed by atoms with van der Waals surface area (Å²) in [6.45, 7) is 12.2. The highest BCUT2D eigenvalue weighted by Crippen LogP contribution is 2.44. The maximum absolute atomic E-state index is 13.3.